The first-order valence-electron chi connectivity index (χ1n) is 2.98. The Bertz CT molecular complexity index is 160. The van der Waals surface area contributed by atoms with Gasteiger partial charge in [0, 0.05) is 12.3 Å². The van der Waals surface area contributed by atoms with E-state index in [1.165, 1.54) is 11.8 Å². The van der Waals surface area contributed by atoms with Crippen LogP contribution in [0.1, 0.15) is 0 Å². The van der Waals surface area contributed by atoms with E-state index in [0.717, 1.165) is 4.32 Å². The summed E-state index contributed by atoms with van der Waals surface area (Å²) in [5, 5.41) is 9.26. The summed E-state index contributed by atoms with van der Waals surface area (Å²) < 4.78 is 0.771. The first kappa shape index (κ1) is 8.04. The molecule has 0 aromatic heterocycles. The summed E-state index contributed by atoms with van der Waals surface area (Å²) in [4.78, 5) is 1.76. The Hall–Kier alpha value is -0.0600. The first-order valence-corrected chi connectivity index (χ1v) is 4.37. The summed E-state index contributed by atoms with van der Waals surface area (Å²) in [6.07, 6.45) is 1.33. The van der Waals surface area contributed by atoms with Crippen LogP contribution in [0.4, 0.5) is 0 Å². The third-order valence-corrected chi connectivity index (χ3v) is 2.81. The monoisotopic (exact) mass is 175 g/mol. The molecule has 1 aliphatic rings. The number of thioether (sulfide) groups is 1. The second-order valence-corrected chi connectivity index (χ2v) is 3.65. The molecule has 1 heterocycles. The molecule has 0 radical (unpaired) electrons. The molecule has 0 aromatic rings. The van der Waals surface area contributed by atoms with Gasteiger partial charge in [0.05, 0.1) is 0 Å². The van der Waals surface area contributed by atoms with Gasteiger partial charge < -0.3 is 10.0 Å². The topological polar surface area (TPSA) is 23.5 Å². The van der Waals surface area contributed by atoms with Gasteiger partial charge in [-0.25, -0.2) is 0 Å². The minimum absolute atomic E-state index is 0.407. The van der Waals surface area contributed by atoms with Crippen LogP contribution >= 0.6 is 24.0 Å². The van der Waals surface area contributed by atoms with Gasteiger partial charge in [-0.3, -0.25) is 0 Å². The molecule has 0 saturated carbocycles. The molecular formula is C6H9NOS2. The molecule has 0 aromatic carbocycles. The van der Waals surface area contributed by atoms with E-state index in [2.05, 4.69) is 6.58 Å². The number of hydrogen-bond donors (Lipinski definition) is 1. The molecule has 1 fully saturated rings. The highest BCUT2D eigenvalue weighted by Gasteiger charge is 2.25. The average Bonchev–Trinajstić information content (AvgIpc) is 2.20. The van der Waals surface area contributed by atoms with Gasteiger partial charge >= 0.3 is 0 Å². The number of hydrogen-bond acceptors (Lipinski definition) is 3. The molecule has 0 amide bonds. The Morgan fingerprint density at radius 3 is 3.10 bits per heavy atom. The molecule has 1 N–H and O–H groups in total. The van der Waals surface area contributed by atoms with E-state index < -0.39 is 6.23 Å². The minimum Gasteiger partial charge on any atom is -0.373 e. The highest BCUT2D eigenvalue weighted by Crippen LogP contribution is 2.21. The molecule has 1 saturated heterocycles. The lowest BCUT2D eigenvalue weighted by molar-refractivity contribution is 0.0918. The van der Waals surface area contributed by atoms with Crippen molar-refractivity contribution in [3.05, 3.63) is 12.7 Å². The van der Waals surface area contributed by atoms with Gasteiger partial charge in [0.15, 0.2) is 0 Å². The Morgan fingerprint density at radius 2 is 2.70 bits per heavy atom. The second-order valence-electron chi connectivity index (χ2n) is 2.00. The van der Waals surface area contributed by atoms with Gasteiger partial charge in [-0.1, -0.05) is 30.1 Å². The molecule has 4 heteroatoms. The molecule has 0 aliphatic carbocycles. The van der Waals surface area contributed by atoms with Crippen LogP contribution in [-0.4, -0.2) is 32.9 Å². The van der Waals surface area contributed by atoms with Gasteiger partial charge in [-0.05, 0) is 0 Å². The molecule has 0 spiro atoms. The Balaban J connectivity index is 2.53. The lowest BCUT2D eigenvalue weighted by atomic mass is 10.5. The van der Waals surface area contributed by atoms with Crippen LogP contribution in [0.3, 0.4) is 0 Å². The van der Waals surface area contributed by atoms with Crippen LogP contribution in [0, 0.1) is 0 Å². The van der Waals surface area contributed by atoms with Gasteiger partial charge in [0.25, 0.3) is 0 Å². The second kappa shape index (κ2) is 3.37. The quantitative estimate of drug-likeness (QED) is 0.496. The molecule has 1 aliphatic heterocycles. The number of aliphatic hydroxyl groups is 1. The summed E-state index contributed by atoms with van der Waals surface area (Å²) in [7, 11) is 0. The largest absolute Gasteiger partial charge is 0.373 e. The van der Waals surface area contributed by atoms with Crippen LogP contribution in [-0.2, 0) is 0 Å². The fourth-order valence-corrected chi connectivity index (χ4v) is 2.01. The Labute approximate surface area is 69.9 Å². The van der Waals surface area contributed by atoms with Crippen molar-refractivity contribution in [3.8, 4) is 0 Å². The fourth-order valence-electron chi connectivity index (χ4n) is 0.776. The maximum Gasteiger partial charge on any atom is 0.138 e. The van der Waals surface area contributed by atoms with Crippen molar-refractivity contribution in [2.24, 2.45) is 0 Å². The predicted molar refractivity (Wildman–Crippen MR) is 48.0 cm³/mol. The van der Waals surface area contributed by atoms with Crippen LogP contribution in [0.25, 0.3) is 0 Å². The van der Waals surface area contributed by atoms with E-state index in [1.807, 2.05) is 0 Å². The lowest BCUT2D eigenvalue weighted by Crippen LogP contribution is -2.32. The van der Waals surface area contributed by atoms with E-state index in [1.54, 1.807) is 11.0 Å². The summed E-state index contributed by atoms with van der Waals surface area (Å²) in [6.45, 7) is 4.22. The SMILES string of the molecule is C=CCN1C(=S)SCC1O. The van der Waals surface area contributed by atoms with Crippen molar-refractivity contribution in [2.45, 2.75) is 6.23 Å². The lowest BCUT2D eigenvalue weighted by Gasteiger charge is -2.18. The zero-order valence-electron chi connectivity index (χ0n) is 5.49. The molecule has 1 atom stereocenters. The smallest absolute Gasteiger partial charge is 0.138 e. The van der Waals surface area contributed by atoms with Crippen molar-refractivity contribution < 1.29 is 5.11 Å². The van der Waals surface area contributed by atoms with E-state index >= 15 is 0 Å². The van der Waals surface area contributed by atoms with Gasteiger partial charge in [-0.2, -0.15) is 0 Å². The zero-order chi connectivity index (χ0) is 7.56. The van der Waals surface area contributed by atoms with Crippen molar-refractivity contribution in [2.75, 3.05) is 12.3 Å². The number of nitrogens with zero attached hydrogens (tertiary/aromatic N) is 1. The van der Waals surface area contributed by atoms with Crippen molar-refractivity contribution in [1.29, 1.82) is 0 Å². The highest BCUT2D eigenvalue weighted by molar-refractivity contribution is 8.23. The van der Waals surface area contributed by atoms with Gasteiger partial charge in [-0.15, -0.1) is 6.58 Å². The van der Waals surface area contributed by atoms with Crippen molar-refractivity contribution in [1.82, 2.24) is 4.90 Å². The Morgan fingerprint density at radius 1 is 2.00 bits per heavy atom. The summed E-state index contributed by atoms with van der Waals surface area (Å²) in [6, 6.07) is 0. The molecule has 56 valence electrons. The number of aliphatic hydroxyl groups excluding tert-OH is 1. The summed E-state index contributed by atoms with van der Waals surface area (Å²) in [5.74, 6) is 0.687. The zero-order valence-corrected chi connectivity index (χ0v) is 7.12. The third kappa shape index (κ3) is 1.51. The van der Waals surface area contributed by atoms with Gasteiger partial charge in [0.1, 0.15) is 10.5 Å². The minimum atomic E-state index is -0.407. The molecular weight excluding hydrogens is 166 g/mol. The van der Waals surface area contributed by atoms with E-state index in [9.17, 15) is 5.11 Å². The average molecular weight is 175 g/mol. The van der Waals surface area contributed by atoms with Gasteiger partial charge in [0.2, 0.25) is 0 Å². The normalized spacial score (nSPS) is 25.5. The first-order chi connectivity index (χ1) is 4.75. The number of rotatable bonds is 2. The summed E-state index contributed by atoms with van der Waals surface area (Å²) >= 11 is 6.48. The summed E-state index contributed by atoms with van der Waals surface area (Å²) in [5.41, 5.74) is 0. The molecule has 1 rings (SSSR count). The standard InChI is InChI=1S/C6H9NOS2/c1-2-3-7-5(8)4-10-6(7)9/h2,5,8H,1,3-4H2. The maximum absolute atomic E-state index is 9.26. The van der Waals surface area contributed by atoms with E-state index in [0.29, 0.717) is 12.3 Å². The van der Waals surface area contributed by atoms with Crippen LogP contribution < -0.4 is 0 Å². The van der Waals surface area contributed by atoms with Crippen LogP contribution in [0.2, 0.25) is 0 Å². The van der Waals surface area contributed by atoms with Crippen LogP contribution in [0.15, 0.2) is 12.7 Å². The molecule has 2 nitrogen and oxygen atoms in total. The molecule has 10 heavy (non-hydrogen) atoms. The molecule has 1 unspecified atom stereocenters. The highest BCUT2D eigenvalue weighted by atomic mass is 32.2. The Kier molecular flexibility index (Phi) is 2.71. The third-order valence-electron chi connectivity index (χ3n) is 1.28. The number of thiocarbonyl (C=S) groups is 1. The van der Waals surface area contributed by atoms with Crippen molar-refractivity contribution in [3.63, 3.8) is 0 Å². The van der Waals surface area contributed by atoms with Crippen molar-refractivity contribution >= 4 is 28.3 Å². The fraction of sp³-hybridized carbons (Fsp3) is 0.500. The molecule has 0 bridgehead atoms. The van der Waals surface area contributed by atoms with E-state index in [-0.39, 0.29) is 0 Å². The predicted octanol–water partition coefficient (Wildman–Crippen LogP) is 0.825. The van der Waals surface area contributed by atoms with E-state index in [4.69, 9.17) is 12.2 Å². The maximum atomic E-state index is 9.26. The van der Waals surface area contributed by atoms with Crippen LogP contribution in [0.5, 0.6) is 0 Å².